The van der Waals surface area contributed by atoms with Crippen molar-refractivity contribution < 1.29 is 0 Å². The Balaban J connectivity index is 1.74. The number of hydrogen-bond acceptors (Lipinski definition) is 2. The molecule has 0 aliphatic carbocycles. The molecule has 0 radical (unpaired) electrons. The Morgan fingerprint density at radius 3 is 2.14 bits per heavy atom. The van der Waals surface area contributed by atoms with Gasteiger partial charge in [-0.25, -0.2) is 0 Å². The van der Waals surface area contributed by atoms with Gasteiger partial charge >= 0.3 is 0 Å². The van der Waals surface area contributed by atoms with E-state index in [0.29, 0.717) is 10.0 Å². The van der Waals surface area contributed by atoms with Gasteiger partial charge in [0.15, 0.2) is 0 Å². The van der Waals surface area contributed by atoms with Crippen molar-refractivity contribution in [3.63, 3.8) is 0 Å². The Hall–Kier alpha value is -2.78. The summed E-state index contributed by atoms with van der Waals surface area (Å²) < 4.78 is 1.23. The van der Waals surface area contributed by atoms with E-state index in [1.165, 1.54) is 26.8 Å². The van der Waals surface area contributed by atoms with Gasteiger partial charge in [0.1, 0.15) is 0 Å². The average molecular weight is 517 g/mol. The highest BCUT2D eigenvalue weighted by Gasteiger charge is 2.22. The van der Waals surface area contributed by atoms with Crippen LogP contribution in [0.3, 0.4) is 0 Å². The van der Waals surface area contributed by atoms with Crippen LogP contribution in [0.2, 0.25) is 10.0 Å². The largest absolute Gasteiger partial charge is 0.307 e. The molecule has 35 heavy (non-hydrogen) atoms. The molecule has 5 rings (SSSR count). The predicted octanol–water partition coefficient (Wildman–Crippen LogP) is 11.0. The molecule has 0 fully saturated rings. The molecule has 0 amide bonds. The summed E-state index contributed by atoms with van der Waals surface area (Å²) in [6, 6.07) is 29.9. The number of halogens is 2. The summed E-state index contributed by atoms with van der Waals surface area (Å²) >= 11 is 15.1. The van der Waals surface area contributed by atoms with Crippen molar-refractivity contribution in [2.45, 2.75) is 33.1 Å². The van der Waals surface area contributed by atoms with Crippen LogP contribution in [0, 0.1) is 6.92 Å². The SMILES string of the molecule is Cc1cc(Cl)c(Cl)c(N(c2ccc(C(C)(C)C)cc2)c2csc3ccc(-c4ccccc4)cc23)c1. The van der Waals surface area contributed by atoms with Gasteiger partial charge in [0.25, 0.3) is 0 Å². The van der Waals surface area contributed by atoms with E-state index in [4.69, 9.17) is 23.2 Å². The Kier molecular flexibility index (Phi) is 6.40. The molecule has 1 nitrogen and oxygen atoms in total. The molecule has 1 heterocycles. The molecule has 0 N–H and O–H groups in total. The zero-order chi connectivity index (χ0) is 24.7. The summed E-state index contributed by atoms with van der Waals surface area (Å²) in [4.78, 5) is 2.24. The zero-order valence-electron chi connectivity index (χ0n) is 20.3. The van der Waals surface area contributed by atoms with Gasteiger partial charge in [-0.05, 0) is 71.0 Å². The smallest absolute Gasteiger partial charge is 0.0833 e. The minimum atomic E-state index is 0.0767. The van der Waals surface area contributed by atoms with Crippen LogP contribution in [-0.4, -0.2) is 0 Å². The standard InChI is InChI=1S/C31H27Cl2NS/c1-20-16-26(32)30(33)27(17-20)34(24-13-11-23(12-14-24)31(2,3)4)28-19-35-29-15-10-22(18-25(28)29)21-8-6-5-7-9-21/h5-19H,1-4H3. The molecule has 5 aromatic rings. The van der Waals surface area contributed by atoms with Crippen molar-refractivity contribution in [2.24, 2.45) is 0 Å². The van der Waals surface area contributed by atoms with E-state index in [-0.39, 0.29) is 5.41 Å². The minimum absolute atomic E-state index is 0.0767. The van der Waals surface area contributed by atoms with E-state index in [1.807, 2.05) is 19.1 Å². The molecule has 1 aromatic heterocycles. The lowest BCUT2D eigenvalue weighted by Crippen LogP contribution is -2.13. The fourth-order valence-corrected chi connectivity index (χ4v) is 5.76. The van der Waals surface area contributed by atoms with Gasteiger partial charge in [0.2, 0.25) is 0 Å². The molecule has 0 bridgehead atoms. The lowest BCUT2D eigenvalue weighted by molar-refractivity contribution is 0.590. The second-order valence-electron chi connectivity index (χ2n) is 9.91. The number of rotatable bonds is 4. The highest BCUT2D eigenvalue weighted by atomic mass is 35.5. The molecule has 0 saturated heterocycles. The van der Waals surface area contributed by atoms with Gasteiger partial charge < -0.3 is 4.90 Å². The van der Waals surface area contributed by atoms with Crippen molar-refractivity contribution in [3.8, 4) is 11.1 Å². The van der Waals surface area contributed by atoms with Crippen LogP contribution in [0.5, 0.6) is 0 Å². The second kappa shape index (κ2) is 9.35. The van der Waals surface area contributed by atoms with Crippen LogP contribution in [0.1, 0.15) is 31.9 Å². The second-order valence-corrected chi connectivity index (χ2v) is 11.6. The van der Waals surface area contributed by atoms with Crippen LogP contribution >= 0.6 is 34.5 Å². The molecule has 0 unspecified atom stereocenters. The van der Waals surface area contributed by atoms with Crippen LogP contribution in [0.4, 0.5) is 17.1 Å². The maximum atomic E-state index is 6.84. The quantitative estimate of drug-likeness (QED) is 0.230. The zero-order valence-corrected chi connectivity index (χ0v) is 22.6. The first-order chi connectivity index (χ1) is 16.7. The van der Waals surface area contributed by atoms with Gasteiger partial charge in [0, 0.05) is 21.2 Å². The summed E-state index contributed by atoms with van der Waals surface area (Å²) in [5, 5.41) is 4.51. The number of hydrogen-bond donors (Lipinski definition) is 0. The summed E-state index contributed by atoms with van der Waals surface area (Å²) in [5.41, 5.74) is 7.84. The Labute approximate surface area is 221 Å². The number of nitrogens with zero attached hydrogens (tertiary/aromatic N) is 1. The molecule has 0 aliphatic rings. The normalized spacial score (nSPS) is 11.7. The van der Waals surface area contributed by atoms with E-state index in [1.54, 1.807) is 11.3 Å². The highest BCUT2D eigenvalue weighted by Crippen LogP contribution is 2.47. The van der Waals surface area contributed by atoms with Crippen LogP contribution < -0.4 is 4.90 Å². The molecule has 0 aliphatic heterocycles. The Bertz CT molecular complexity index is 1500. The average Bonchev–Trinajstić information content (AvgIpc) is 3.25. The van der Waals surface area contributed by atoms with Crippen molar-refractivity contribution in [1.82, 2.24) is 0 Å². The number of thiophene rings is 1. The van der Waals surface area contributed by atoms with E-state index in [2.05, 4.69) is 104 Å². The van der Waals surface area contributed by atoms with Gasteiger partial charge in [0.05, 0.1) is 21.4 Å². The van der Waals surface area contributed by atoms with Crippen molar-refractivity contribution >= 4 is 61.7 Å². The van der Waals surface area contributed by atoms with Crippen molar-refractivity contribution in [1.29, 1.82) is 0 Å². The monoisotopic (exact) mass is 515 g/mol. The minimum Gasteiger partial charge on any atom is -0.307 e. The molecule has 0 spiro atoms. The third-order valence-electron chi connectivity index (χ3n) is 6.29. The number of fused-ring (bicyclic) bond motifs is 1. The van der Waals surface area contributed by atoms with Crippen LogP contribution in [-0.2, 0) is 5.41 Å². The third kappa shape index (κ3) is 4.71. The van der Waals surface area contributed by atoms with E-state index < -0.39 is 0 Å². The lowest BCUT2D eigenvalue weighted by Gasteiger charge is -2.28. The van der Waals surface area contributed by atoms with Crippen molar-refractivity contribution in [3.05, 3.63) is 111 Å². The first-order valence-corrected chi connectivity index (χ1v) is 13.3. The van der Waals surface area contributed by atoms with E-state index >= 15 is 0 Å². The van der Waals surface area contributed by atoms with Crippen molar-refractivity contribution in [2.75, 3.05) is 4.90 Å². The van der Waals surface area contributed by atoms with Gasteiger partial charge in [-0.1, -0.05) is 92.5 Å². The molecule has 0 saturated carbocycles. The van der Waals surface area contributed by atoms with E-state index in [9.17, 15) is 0 Å². The van der Waals surface area contributed by atoms with Gasteiger partial charge in [-0.3, -0.25) is 0 Å². The number of benzene rings is 4. The maximum Gasteiger partial charge on any atom is 0.0833 e. The Morgan fingerprint density at radius 2 is 1.46 bits per heavy atom. The molecule has 176 valence electrons. The maximum absolute atomic E-state index is 6.84. The predicted molar refractivity (Wildman–Crippen MR) is 155 cm³/mol. The highest BCUT2D eigenvalue weighted by molar-refractivity contribution is 7.17. The summed E-state index contributed by atoms with van der Waals surface area (Å²) in [5.74, 6) is 0. The molecular weight excluding hydrogens is 489 g/mol. The summed E-state index contributed by atoms with van der Waals surface area (Å²) in [6.07, 6.45) is 0. The van der Waals surface area contributed by atoms with Gasteiger partial charge in [-0.2, -0.15) is 0 Å². The molecule has 0 atom stereocenters. The molecule has 4 aromatic carbocycles. The first-order valence-electron chi connectivity index (χ1n) is 11.7. The van der Waals surface area contributed by atoms with E-state index in [0.717, 1.165) is 22.6 Å². The first kappa shape index (κ1) is 23.9. The van der Waals surface area contributed by atoms with Gasteiger partial charge in [-0.15, -0.1) is 11.3 Å². The molecule has 4 heteroatoms. The van der Waals surface area contributed by atoms with Crippen LogP contribution in [0.25, 0.3) is 21.2 Å². The Morgan fingerprint density at radius 1 is 0.743 bits per heavy atom. The number of aryl methyl sites for hydroxylation is 1. The number of anilines is 3. The summed E-state index contributed by atoms with van der Waals surface area (Å²) in [6.45, 7) is 8.74. The summed E-state index contributed by atoms with van der Waals surface area (Å²) in [7, 11) is 0. The fourth-order valence-electron chi connectivity index (χ4n) is 4.39. The molecular formula is C31H27Cl2NS. The van der Waals surface area contributed by atoms with Crippen LogP contribution in [0.15, 0.2) is 90.3 Å². The topological polar surface area (TPSA) is 3.24 Å². The lowest BCUT2D eigenvalue weighted by atomic mass is 9.87. The third-order valence-corrected chi connectivity index (χ3v) is 8.03. The fraction of sp³-hybridized carbons (Fsp3) is 0.161.